The van der Waals surface area contributed by atoms with Crippen LogP contribution >= 0.6 is 0 Å². The largest absolute Gasteiger partial charge is 0.381 e. The maximum atomic E-state index is 13.6. The number of H-pyrrole nitrogens is 1. The minimum absolute atomic E-state index is 0.283. The van der Waals surface area contributed by atoms with Crippen LogP contribution < -0.4 is 5.32 Å². The number of hydrogen-bond donors (Lipinski definition) is 2. The molecule has 35 heavy (non-hydrogen) atoms. The fourth-order valence-corrected chi connectivity index (χ4v) is 4.32. The molecule has 0 saturated carbocycles. The van der Waals surface area contributed by atoms with Crippen molar-refractivity contribution in [1.82, 2.24) is 20.5 Å². The number of nitrogens with one attached hydrogen (secondary N) is 2. The Morgan fingerprint density at radius 3 is 2.77 bits per heavy atom. The monoisotopic (exact) mass is 468 g/mol. The Kier molecular flexibility index (Phi) is 6.55. The van der Waals surface area contributed by atoms with Crippen molar-refractivity contribution in [3.63, 3.8) is 0 Å². The van der Waals surface area contributed by atoms with Crippen LogP contribution in [-0.2, 0) is 4.74 Å². The summed E-state index contributed by atoms with van der Waals surface area (Å²) in [6.07, 6.45) is 3.57. The van der Waals surface area contributed by atoms with Crippen molar-refractivity contribution in [3.8, 4) is 11.8 Å². The Morgan fingerprint density at radius 1 is 1.17 bits per heavy atom. The smallest absolute Gasteiger partial charge is 0.270 e. The highest BCUT2D eigenvalue weighted by molar-refractivity contribution is 5.94. The summed E-state index contributed by atoms with van der Waals surface area (Å²) in [6.45, 7) is 3.31. The van der Waals surface area contributed by atoms with Crippen LogP contribution in [0.5, 0.6) is 0 Å². The standard InChI is InChI=1S/C28H25FN4O2/c1-18-15-20(6-5-19-11-13-35-14-12-19)16-25(31-18)28(34)32-26(21-7-9-23(29)10-8-21)24-4-2-3-22-17-30-33-27(22)24/h2-4,7-10,15-17,19,26H,11-14H2,1H3,(H,30,33)(H,32,34). The fraction of sp³-hybridized carbons (Fsp3) is 0.250. The molecule has 6 nitrogen and oxygen atoms in total. The van der Waals surface area contributed by atoms with E-state index in [1.54, 1.807) is 24.4 Å². The Labute approximate surface area is 202 Å². The molecular formula is C28H25FN4O2. The second kappa shape index (κ2) is 10.1. The van der Waals surface area contributed by atoms with Gasteiger partial charge in [-0.25, -0.2) is 9.37 Å². The summed E-state index contributed by atoms with van der Waals surface area (Å²) in [5.41, 5.74) is 4.12. The van der Waals surface area contributed by atoms with Gasteiger partial charge in [0.1, 0.15) is 11.5 Å². The second-order valence-corrected chi connectivity index (χ2v) is 8.68. The lowest BCUT2D eigenvalue weighted by Crippen LogP contribution is -2.30. The normalized spacial score (nSPS) is 14.8. The van der Waals surface area contributed by atoms with E-state index >= 15 is 0 Å². The van der Waals surface area contributed by atoms with Gasteiger partial charge in [0.15, 0.2) is 0 Å². The van der Waals surface area contributed by atoms with Gasteiger partial charge >= 0.3 is 0 Å². The number of benzene rings is 2. The average molecular weight is 469 g/mol. The number of nitrogens with zero attached hydrogens (tertiary/aromatic N) is 2. The zero-order chi connectivity index (χ0) is 24.2. The molecule has 1 saturated heterocycles. The second-order valence-electron chi connectivity index (χ2n) is 8.68. The number of carbonyl (C=O) groups excluding carboxylic acids is 1. The molecule has 5 rings (SSSR count). The lowest BCUT2D eigenvalue weighted by Gasteiger charge is -2.20. The maximum absolute atomic E-state index is 13.6. The first kappa shape index (κ1) is 22.8. The van der Waals surface area contributed by atoms with Gasteiger partial charge in [-0.2, -0.15) is 5.10 Å². The minimum atomic E-state index is -0.536. The summed E-state index contributed by atoms with van der Waals surface area (Å²) in [5, 5.41) is 11.2. The zero-order valence-corrected chi connectivity index (χ0v) is 19.3. The van der Waals surface area contributed by atoms with Gasteiger partial charge in [0.25, 0.3) is 5.91 Å². The van der Waals surface area contributed by atoms with Crippen molar-refractivity contribution in [1.29, 1.82) is 0 Å². The van der Waals surface area contributed by atoms with Crippen molar-refractivity contribution in [2.75, 3.05) is 13.2 Å². The van der Waals surface area contributed by atoms with Crippen LogP contribution in [0.3, 0.4) is 0 Å². The summed E-state index contributed by atoms with van der Waals surface area (Å²) < 4.78 is 19.0. The van der Waals surface area contributed by atoms with E-state index < -0.39 is 6.04 Å². The van der Waals surface area contributed by atoms with Gasteiger partial charge < -0.3 is 10.1 Å². The van der Waals surface area contributed by atoms with E-state index in [1.165, 1.54) is 12.1 Å². The highest BCUT2D eigenvalue weighted by Crippen LogP contribution is 2.28. The fourth-order valence-electron chi connectivity index (χ4n) is 4.32. The molecule has 1 unspecified atom stereocenters. The number of aromatic amines is 1. The molecule has 1 amide bonds. The molecular weight excluding hydrogens is 443 g/mol. The third-order valence-corrected chi connectivity index (χ3v) is 6.13. The van der Waals surface area contributed by atoms with E-state index in [2.05, 4.69) is 32.3 Å². The number of carbonyl (C=O) groups is 1. The number of para-hydroxylation sites is 1. The average Bonchev–Trinajstić information content (AvgIpc) is 3.36. The number of amides is 1. The minimum Gasteiger partial charge on any atom is -0.381 e. The first-order valence-corrected chi connectivity index (χ1v) is 11.6. The van der Waals surface area contributed by atoms with E-state index in [9.17, 15) is 9.18 Å². The lowest BCUT2D eigenvalue weighted by atomic mass is 9.96. The summed E-state index contributed by atoms with van der Waals surface area (Å²) in [6, 6.07) is 14.9. The van der Waals surface area contributed by atoms with Crippen LogP contribution in [0.1, 0.15) is 51.8 Å². The molecule has 4 aromatic rings. The Bertz CT molecular complexity index is 1410. The van der Waals surface area contributed by atoms with Crippen molar-refractivity contribution < 1.29 is 13.9 Å². The molecule has 1 aliphatic heterocycles. The van der Waals surface area contributed by atoms with E-state index in [0.717, 1.165) is 53.6 Å². The van der Waals surface area contributed by atoms with Crippen LogP contribution in [0.2, 0.25) is 0 Å². The quantitative estimate of drug-likeness (QED) is 0.426. The zero-order valence-electron chi connectivity index (χ0n) is 19.3. The van der Waals surface area contributed by atoms with Gasteiger partial charge in [-0.1, -0.05) is 42.2 Å². The summed E-state index contributed by atoms with van der Waals surface area (Å²) >= 11 is 0. The van der Waals surface area contributed by atoms with Crippen LogP contribution in [0, 0.1) is 30.5 Å². The first-order chi connectivity index (χ1) is 17.1. The molecule has 7 heteroatoms. The van der Waals surface area contributed by atoms with E-state index in [4.69, 9.17) is 4.74 Å². The van der Waals surface area contributed by atoms with Crippen molar-refractivity contribution >= 4 is 16.8 Å². The predicted octanol–water partition coefficient (Wildman–Crippen LogP) is 4.70. The third-order valence-electron chi connectivity index (χ3n) is 6.13. The molecule has 0 radical (unpaired) electrons. The topological polar surface area (TPSA) is 79.9 Å². The molecule has 0 spiro atoms. The molecule has 176 valence electrons. The Morgan fingerprint density at radius 2 is 1.97 bits per heavy atom. The molecule has 2 aromatic heterocycles. The number of aryl methyl sites for hydroxylation is 1. The van der Waals surface area contributed by atoms with Gasteiger partial charge in [-0.15, -0.1) is 0 Å². The van der Waals surface area contributed by atoms with Gasteiger partial charge in [-0.3, -0.25) is 9.89 Å². The van der Waals surface area contributed by atoms with E-state index in [-0.39, 0.29) is 17.4 Å². The van der Waals surface area contributed by atoms with E-state index in [0.29, 0.717) is 11.6 Å². The van der Waals surface area contributed by atoms with Gasteiger partial charge in [0, 0.05) is 41.3 Å². The maximum Gasteiger partial charge on any atom is 0.270 e. The molecule has 0 bridgehead atoms. The Hall–Kier alpha value is -4.02. The highest BCUT2D eigenvalue weighted by atomic mass is 19.1. The van der Waals surface area contributed by atoms with Gasteiger partial charge in [0.05, 0.1) is 17.8 Å². The molecule has 3 heterocycles. The molecule has 2 N–H and O–H groups in total. The summed E-state index contributed by atoms with van der Waals surface area (Å²) in [4.78, 5) is 17.9. The van der Waals surface area contributed by atoms with Crippen LogP contribution in [0.4, 0.5) is 4.39 Å². The summed E-state index contributed by atoms with van der Waals surface area (Å²) in [7, 11) is 0. The predicted molar refractivity (Wildman–Crippen MR) is 131 cm³/mol. The number of fused-ring (bicyclic) bond motifs is 1. The number of ether oxygens (including phenoxy) is 1. The van der Waals surface area contributed by atoms with Crippen LogP contribution in [0.25, 0.3) is 10.9 Å². The van der Waals surface area contributed by atoms with Crippen LogP contribution in [0.15, 0.2) is 60.8 Å². The number of pyridine rings is 1. The number of halogens is 1. The molecule has 0 aliphatic carbocycles. The molecule has 2 aromatic carbocycles. The SMILES string of the molecule is Cc1cc(C#CC2CCOCC2)cc(C(=O)NC(c2ccc(F)cc2)c2cccc3cn[nH]c23)n1. The van der Waals surface area contributed by atoms with Gasteiger partial charge in [0.2, 0.25) is 0 Å². The molecule has 1 aliphatic rings. The molecule has 1 atom stereocenters. The first-order valence-electron chi connectivity index (χ1n) is 11.6. The lowest BCUT2D eigenvalue weighted by molar-refractivity contribution is 0.0807. The number of hydrogen-bond acceptors (Lipinski definition) is 4. The molecule has 1 fully saturated rings. The number of aromatic nitrogens is 3. The highest BCUT2D eigenvalue weighted by Gasteiger charge is 2.22. The van der Waals surface area contributed by atoms with Crippen molar-refractivity contribution in [2.24, 2.45) is 5.92 Å². The van der Waals surface area contributed by atoms with Crippen molar-refractivity contribution in [2.45, 2.75) is 25.8 Å². The van der Waals surface area contributed by atoms with Crippen LogP contribution in [-0.4, -0.2) is 34.3 Å². The number of rotatable bonds is 4. The Balaban J connectivity index is 1.46. The third kappa shape index (κ3) is 5.23. The van der Waals surface area contributed by atoms with Crippen molar-refractivity contribution in [3.05, 3.63) is 94.7 Å². The summed E-state index contributed by atoms with van der Waals surface area (Å²) in [5.74, 6) is 6.14. The van der Waals surface area contributed by atoms with Gasteiger partial charge in [-0.05, 0) is 49.6 Å². The van der Waals surface area contributed by atoms with E-state index in [1.807, 2.05) is 31.2 Å².